The fourth-order valence-corrected chi connectivity index (χ4v) is 2.07. The Kier molecular flexibility index (Phi) is 8.67. The number of ether oxygens (including phenoxy) is 1. The zero-order chi connectivity index (χ0) is 15.5. The van der Waals surface area contributed by atoms with Crippen LogP contribution in [0.5, 0.6) is 0 Å². The molecule has 0 amide bonds. The minimum atomic E-state index is -0.458. The van der Waals surface area contributed by atoms with E-state index >= 15 is 0 Å². The van der Waals surface area contributed by atoms with Crippen LogP contribution in [-0.2, 0) is 4.74 Å². The molecule has 0 saturated carbocycles. The Bertz CT molecular complexity index is 415. The van der Waals surface area contributed by atoms with Crippen molar-refractivity contribution in [2.75, 3.05) is 26.2 Å². The van der Waals surface area contributed by atoms with E-state index in [0.717, 1.165) is 45.3 Å². The standard InChI is InChI=1S/C17H26FNO2/c1-3-5-10-19(11-6-4-2)12-13-21-17(20)15-8-7-9-16(18)14-15/h7-9,14H,3-6,10-13H2,1-2H3. The van der Waals surface area contributed by atoms with Gasteiger partial charge in [-0.05, 0) is 44.1 Å². The molecule has 1 aromatic carbocycles. The molecule has 1 rings (SSSR count). The summed E-state index contributed by atoms with van der Waals surface area (Å²) < 4.78 is 18.3. The van der Waals surface area contributed by atoms with E-state index in [9.17, 15) is 9.18 Å². The van der Waals surface area contributed by atoms with Crippen LogP contribution in [0.3, 0.4) is 0 Å². The van der Waals surface area contributed by atoms with E-state index in [1.54, 1.807) is 6.07 Å². The van der Waals surface area contributed by atoms with Crippen LogP contribution < -0.4 is 0 Å². The zero-order valence-electron chi connectivity index (χ0n) is 13.1. The molecule has 4 heteroatoms. The maximum absolute atomic E-state index is 13.0. The van der Waals surface area contributed by atoms with E-state index in [1.165, 1.54) is 18.2 Å². The van der Waals surface area contributed by atoms with Gasteiger partial charge in [-0.1, -0.05) is 32.8 Å². The lowest BCUT2D eigenvalue weighted by atomic mass is 10.2. The summed E-state index contributed by atoms with van der Waals surface area (Å²) in [6.07, 6.45) is 4.63. The average molecular weight is 295 g/mol. The first-order valence-electron chi connectivity index (χ1n) is 7.82. The normalized spacial score (nSPS) is 10.9. The number of carbonyl (C=O) groups excluding carboxylic acids is 1. The summed E-state index contributed by atoms with van der Waals surface area (Å²) in [5.41, 5.74) is 0.267. The van der Waals surface area contributed by atoms with Crippen molar-refractivity contribution < 1.29 is 13.9 Å². The Morgan fingerprint density at radius 3 is 2.38 bits per heavy atom. The maximum Gasteiger partial charge on any atom is 0.338 e. The Morgan fingerprint density at radius 2 is 1.81 bits per heavy atom. The molecule has 0 fully saturated rings. The highest BCUT2D eigenvalue weighted by Crippen LogP contribution is 2.06. The first kappa shape index (κ1) is 17.6. The summed E-state index contributed by atoms with van der Waals surface area (Å²) >= 11 is 0. The lowest BCUT2D eigenvalue weighted by molar-refractivity contribution is 0.0459. The molecule has 21 heavy (non-hydrogen) atoms. The van der Waals surface area contributed by atoms with Crippen molar-refractivity contribution in [1.29, 1.82) is 0 Å². The molecule has 0 saturated heterocycles. The number of hydrogen-bond acceptors (Lipinski definition) is 3. The average Bonchev–Trinajstić information content (AvgIpc) is 2.49. The van der Waals surface area contributed by atoms with Crippen LogP contribution in [0.15, 0.2) is 24.3 Å². The van der Waals surface area contributed by atoms with Crippen molar-refractivity contribution in [3.63, 3.8) is 0 Å². The Balaban J connectivity index is 2.36. The predicted molar refractivity (Wildman–Crippen MR) is 82.9 cm³/mol. The molecule has 0 bridgehead atoms. The summed E-state index contributed by atoms with van der Waals surface area (Å²) in [5, 5.41) is 0. The van der Waals surface area contributed by atoms with Gasteiger partial charge < -0.3 is 4.74 Å². The first-order chi connectivity index (χ1) is 10.2. The van der Waals surface area contributed by atoms with Gasteiger partial charge in [0, 0.05) is 6.54 Å². The lowest BCUT2D eigenvalue weighted by Gasteiger charge is -2.21. The van der Waals surface area contributed by atoms with Crippen LogP contribution in [0.25, 0.3) is 0 Å². The molecular formula is C17H26FNO2. The Hall–Kier alpha value is -1.42. The molecule has 0 N–H and O–H groups in total. The summed E-state index contributed by atoms with van der Waals surface area (Å²) in [5.74, 6) is -0.877. The first-order valence-corrected chi connectivity index (χ1v) is 7.82. The number of carbonyl (C=O) groups is 1. The third-order valence-corrected chi connectivity index (χ3v) is 3.36. The number of nitrogens with zero attached hydrogens (tertiary/aromatic N) is 1. The maximum atomic E-state index is 13.0. The van der Waals surface area contributed by atoms with Gasteiger partial charge in [0.2, 0.25) is 0 Å². The fourth-order valence-electron chi connectivity index (χ4n) is 2.07. The van der Waals surface area contributed by atoms with Crippen molar-refractivity contribution >= 4 is 5.97 Å². The van der Waals surface area contributed by atoms with Crippen LogP contribution in [-0.4, -0.2) is 37.1 Å². The van der Waals surface area contributed by atoms with E-state index in [0.29, 0.717) is 6.61 Å². The smallest absolute Gasteiger partial charge is 0.338 e. The van der Waals surface area contributed by atoms with E-state index in [4.69, 9.17) is 4.74 Å². The van der Waals surface area contributed by atoms with Crippen molar-refractivity contribution in [3.8, 4) is 0 Å². The van der Waals surface area contributed by atoms with Crippen LogP contribution >= 0.6 is 0 Å². The van der Waals surface area contributed by atoms with Crippen molar-refractivity contribution in [2.24, 2.45) is 0 Å². The van der Waals surface area contributed by atoms with Crippen LogP contribution in [0, 0.1) is 5.82 Å². The van der Waals surface area contributed by atoms with Crippen molar-refractivity contribution in [3.05, 3.63) is 35.6 Å². The van der Waals surface area contributed by atoms with Gasteiger partial charge in [-0.25, -0.2) is 9.18 Å². The van der Waals surface area contributed by atoms with Gasteiger partial charge in [0.1, 0.15) is 12.4 Å². The molecule has 118 valence electrons. The molecule has 0 radical (unpaired) electrons. The second-order valence-corrected chi connectivity index (χ2v) is 5.20. The molecule has 3 nitrogen and oxygen atoms in total. The molecule has 0 aromatic heterocycles. The Labute approximate surface area is 127 Å². The molecule has 0 aliphatic carbocycles. The molecule has 0 spiro atoms. The molecular weight excluding hydrogens is 269 g/mol. The summed E-state index contributed by atoms with van der Waals surface area (Å²) in [7, 11) is 0. The molecule has 0 heterocycles. The number of benzene rings is 1. The minimum absolute atomic E-state index is 0.267. The monoisotopic (exact) mass is 295 g/mol. The third-order valence-electron chi connectivity index (χ3n) is 3.36. The van der Waals surface area contributed by atoms with Crippen LogP contribution in [0.4, 0.5) is 4.39 Å². The summed E-state index contributed by atoms with van der Waals surface area (Å²) in [6, 6.07) is 5.60. The van der Waals surface area contributed by atoms with Crippen molar-refractivity contribution in [1.82, 2.24) is 4.90 Å². The van der Waals surface area contributed by atoms with Gasteiger partial charge in [-0.3, -0.25) is 4.90 Å². The largest absolute Gasteiger partial charge is 0.461 e. The van der Waals surface area contributed by atoms with Gasteiger partial charge in [-0.2, -0.15) is 0 Å². The Morgan fingerprint density at radius 1 is 1.14 bits per heavy atom. The topological polar surface area (TPSA) is 29.5 Å². The summed E-state index contributed by atoms with van der Waals surface area (Å²) in [4.78, 5) is 14.1. The number of unbranched alkanes of at least 4 members (excludes halogenated alkanes) is 2. The van der Waals surface area contributed by atoms with E-state index in [1.807, 2.05) is 0 Å². The predicted octanol–water partition coefficient (Wildman–Crippen LogP) is 3.88. The number of esters is 1. The SMILES string of the molecule is CCCCN(CCCC)CCOC(=O)c1cccc(F)c1. The van der Waals surface area contributed by atoms with Gasteiger partial charge >= 0.3 is 5.97 Å². The van der Waals surface area contributed by atoms with Gasteiger partial charge in [-0.15, -0.1) is 0 Å². The van der Waals surface area contributed by atoms with Gasteiger partial charge in [0.25, 0.3) is 0 Å². The second kappa shape index (κ2) is 10.3. The second-order valence-electron chi connectivity index (χ2n) is 5.20. The van der Waals surface area contributed by atoms with Gasteiger partial charge in [0.05, 0.1) is 5.56 Å². The van der Waals surface area contributed by atoms with Crippen LogP contribution in [0.1, 0.15) is 49.9 Å². The van der Waals surface area contributed by atoms with E-state index in [-0.39, 0.29) is 5.56 Å². The number of hydrogen-bond donors (Lipinski definition) is 0. The third kappa shape index (κ3) is 7.23. The molecule has 1 aromatic rings. The molecule has 0 aliphatic heterocycles. The molecule has 0 atom stereocenters. The minimum Gasteiger partial charge on any atom is -0.461 e. The van der Waals surface area contributed by atoms with E-state index in [2.05, 4.69) is 18.7 Å². The van der Waals surface area contributed by atoms with E-state index < -0.39 is 11.8 Å². The zero-order valence-corrected chi connectivity index (χ0v) is 13.1. The van der Waals surface area contributed by atoms with Crippen LogP contribution in [0.2, 0.25) is 0 Å². The molecule has 0 aliphatic rings. The highest BCUT2D eigenvalue weighted by molar-refractivity contribution is 5.89. The fraction of sp³-hybridized carbons (Fsp3) is 0.588. The lowest BCUT2D eigenvalue weighted by Crippen LogP contribution is -2.30. The van der Waals surface area contributed by atoms with Gasteiger partial charge in [0.15, 0.2) is 0 Å². The molecule has 0 unspecified atom stereocenters. The number of halogens is 1. The number of rotatable bonds is 10. The summed E-state index contributed by atoms with van der Waals surface area (Å²) in [6.45, 7) is 7.50. The quantitative estimate of drug-likeness (QED) is 0.613. The highest BCUT2D eigenvalue weighted by atomic mass is 19.1. The van der Waals surface area contributed by atoms with Crippen molar-refractivity contribution in [2.45, 2.75) is 39.5 Å². The highest BCUT2D eigenvalue weighted by Gasteiger charge is 2.09.